The SMILES string of the molecule is Cc1cc(C(=O)N2CCN(c3ccc(Br)cn3)CC2)ccc1N1CCNC1=O. The quantitative estimate of drug-likeness (QED) is 0.791. The summed E-state index contributed by atoms with van der Waals surface area (Å²) >= 11 is 3.40. The molecule has 3 amide bonds. The number of piperazine rings is 1. The first-order valence-electron chi connectivity index (χ1n) is 9.35. The first-order chi connectivity index (χ1) is 13.5. The highest BCUT2D eigenvalue weighted by Crippen LogP contribution is 2.24. The Bertz CT molecular complexity index is 894. The zero-order valence-corrected chi connectivity index (χ0v) is 17.3. The van der Waals surface area contributed by atoms with Gasteiger partial charge in [-0.25, -0.2) is 9.78 Å². The lowest BCUT2D eigenvalue weighted by Crippen LogP contribution is -2.49. The minimum Gasteiger partial charge on any atom is -0.353 e. The maximum absolute atomic E-state index is 12.9. The van der Waals surface area contributed by atoms with Crippen molar-refractivity contribution in [2.45, 2.75) is 6.92 Å². The Hall–Kier alpha value is -2.61. The van der Waals surface area contributed by atoms with Gasteiger partial charge in [0.25, 0.3) is 5.91 Å². The minimum absolute atomic E-state index is 0.0314. The second-order valence-corrected chi connectivity index (χ2v) is 7.91. The summed E-state index contributed by atoms with van der Waals surface area (Å²) in [6.45, 7) is 6.07. The van der Waals surface area contributed by atoms with Crippen LogP contribution in [0.25, 0.3) is 0 Å². The number of nitrogens with zero attached hydrogens (tertiary/aromatic N) is 4. The number of carbonyl (C=O) groups excluding carboxylic acids is 2. The molecule has 146 valence electrons. The Morgan fingerprint density at radius 3 is 2.50 bits per heavy atom. The average Bonchev–Trinajstić information content (AvgIpc) is 3.14. The number of benzene rings is 1. The van der Waals surface area contributed by atoms with Gasteiger partial charge in [0.2, 0.25) is 0 Å². The van der Waals surface area contributed by atoms with Crippen LogP contribution in [0.4, 0.5) is 16.3 Å². The Morgan fingerprint density at radius 1 is 1.11 bits per heavy atom. The zero-order valence-electron chi connectivity index (χ0n) is 15.7. The van der Waals surface area contributed by atoms with Crippen molar-refractivity contribution in [2.24, 2.45) is 0 Å². The number of nitrogens with one attached hydrogen (secondary N) is 1. The number of urea groups is 1. The minimum atomic E-state index is -0.0835. The molecule has 2 fully saturated rings. The van der Waals surface area contributed by atoms with Crippen molar-refractivity contribution in [3.05, 3.63) is 52.1 Å². The van der Waals surface area contributed by atoms with E-state index in [4.69, 9.17) is 0 Å². The fourth-order valence-electron chi connectivity index (χ4n) is 3.67. The Kier molecular flexibility index (Phi) is 5.21. The van der Waals surface area contributed by atoms with Crippen LogP contribution in [0, 0.1) is 6.92 Å². The van der Waals surface area contributed by atoms with Gasteiger partial charge >= 0.3 is 6.03 Å². The van der Waals surface area contributed by atoms with Crippen LogP contribution in [0.5, 0.6) is 0 Å². The molecule has 0 spiro atoms. The molecule has 1 N–H and O–H groups in total. The van der Waals surface area contributed by atoms with E-state index in [1.54, 1.807) is 11.1 Å². The third-order valence-corrected chi connectivity index (χ3v) is 5.66. The van der Waals surface area contributed by atoms with E-state index >= 15 is 0 Å². The molecule has 0 saturated carbocycles. The smallest absolute Gasteiger partial charge is 0.322 e. The molecule has 0 unspecified atom stereocenters. The van der Waals surface area contributed by atoms with Crippen LogP contribution in [0.15, 0.2) is 41.0 Å². The second-order valence-electron chi connectivity index (χ2n) is 7.00. The van der Waals surface area contributed by atoms with E-state index < -0.39 is 0 Å². The van der Waals surface area contributed by atoms with Gasteiger partial charge in [-0.3, -0.25) is 9.69 Å². The lowest BCUT2D eigenvalue weighted by molar-refractivity contribution is 0.0746. The molecule has 4 rings (SSSR count). The number of pyridine rings is 1. The van der Waals surface area contributed by atoms with E-state index in [0.717, 1.165) is 34.6 Å². The summed E-state index contributed by atoms with van der Waals surface area (Å²) < 4.78 is 0.954. The standard InChI is InChI=1S/C20H22BrN5O2/c1-14-12-15(2-4-17(14)26-7-6-22-20(26)28)19(27)25-10-8-24(9-11-25)18-5-3-16(21)13-23-18/h2-5,12-13H,6-11H2,1H3,(H,22,28). The molecule has 8 heteroatoms. The summed E-state index contributed by atoms with van der Waals surface area (Å²) in [5.74, 6) is 0.961. The lowest BCUT2D eigenvalue weighted by Gasteiger charge is -2.35. The molecule has 2 aromatic rings. The number of halogens is 1. The van der Waals surface area contributed by atoms with Gasteiger partial charge in [-0.1, -0.05) is 0 Å². The van der Waals surface area contributed by atoms with Crippen molar-refractivity contribution in [1.82, 2.24) is 15.2 Å². The molecule has 2 saturated heterocycles. The normalized spacial score (nSPS) is 17.1. The van der Waals surface area contributed by atoms with Crippen LogP contribution in [0.3, 0.4) is 0 Å². The highest BCUT2D eigenvalue weighted by atomic mass is 79.9. The van der Waals surface area contributed by atoms with Gasteiger partial charge in [0.05, 0.1) is 0 Å². The van der Waals surface area contributed by atoms with Gasteiger partial charge in [0.15, 0.2) is 0 Å². The van der Waals surface area contributed by atoms with Gasteiger partial charge in [0, 0.05) is 61.2 Å². The largest absolute Gasteiger partial charge is 0.353 e. The van der Waals surface area contributed by atoms with Crippen LogP contribution in [-0.2, 0) is 0 Å². The molecule has 28 heavy (non-hydrogen) atoms. The summed E-state index contributed by atoms with van der Waals surface area (Å²) in [6.07, 6.45) is 1.79. The molecular formula is C20H22BrN5O2. The van der Waals surface area contributed by atoms with Gasteiger partial charge < -0.3 is 15.1 Å². The van der Waals surface area contributed by atoms with Crippen molar-refractivity contribution >= 4 is 39.4 Å². The highest BCUT2D eigenvalue weighted by molar-refractivity contribution is 9.10. The highest BCUT2D eigenvalue weighted by Gasteiger charge is 2.25. The number of rotatable bonds is 3. The summed E-state index contributed by atoms with van der Waals surface area (Å²) in [5.41, 5.74) is 2.45. The van der Waals surface area contributed by atoms with Crippen LogP contribution < -0.4 is 15.1 Å². The van der Waals surface area contributed by atoms with E-state index in [0.29, 0.717) is 31.7 Å². The van der Waals surface area contributed by atoms with Crippen molar-refractivity contribution < 1.29 is 9.59 Å². The molecule has 0 atom stereocenters. The van der Waals surface area contributed by atoms with Gasteiger partial charge in [-0.05, 0) is 58.7 Å². The Morgan fingerprint density at radius 2 is 1.89 bits per heavy atom. The van der Waals surface area contributed by atoms with Gasteiger partial charge in [0.1, 0.15) is 5.82 Å². The first kappa shape index (κ1) is 18.7. The van der Waals surface area contributed by atoms with Gasteiger partial charge in [-0.15, -0.1) is 0 Å². The number of carbonyl (C=O) groups is 2. The molecule has 1 aromatic heterocycles. The molecule has 0 aliphatic carbocycles. The fraction of sp³-hybridized carbons (Fsp3) is 0.350. The fourth-order valence-corrected chi connectivity index (χ4v) is 3.90. The Labute approximate surface area is 172 Å². The Balaban J connectivity index is 1.42. The summed E-state index contributed by atoms with van der Waals surface area (Å²) in [5, 5.41) is 2.80. The molecule has 2 aliphatic heterocycles. The van der Waals surface area contributed by atoms with Crippen molar-refractivity contribution in [1.29, 1.82) is 0 Å². The molecule has 2 aliphatic rings. The molecule has 0 bridgehead atoms. The monoisotopic (exact) mass is 443 g/mol. The molecule has 1 aromatic carbocycles. The number of aromatic nitrogens is 1. The van der Waals surface area contributed by atoms with Crippen molar-refractivity contribution in [2.75, 3.05) is 49.1 Å². The number of hydrogen-bond acceptors (Lipinski definition) is 4. The third-order valence-electron chi connectivity index (χ3n) is 5.19. The predicted octanol–water partition coefficient (Wildman–Crippen LogP) is 2.64. The zero-order chi connectivity index (χ0) is 19.7. The van der Waals surface area contributed by atoms with E-state index in [2.05, 4.69) is 31.1 Å². The summed E-state index contributed by atoms with van der Waals surface area (Å²) in [6, 6.07) is 9.45. The molecule has 3 heterocycles. The van der Waals surface area contributed by atoms with Crippen molar-refractivity contribution in [3.8, 4) is 0 Å². The van der Waals surface area contributed by atoms with Crippen LogP contribution >= 0.6 is 15.9 Å². The van der Waals surface area contributed by atoms with Crippen LogP contribution in [-0.4, -0.2) is 61.1 Å². The topological polar surface area (TPSA) is 68.8 Å². The maximum atomic E-state index is 12.9. The van der Waals surface area contributed by atoms with Crippen LogP contribution in [0.1, 0.15) is 15.9 Å². The van der Waals surface area contributed by atoms with Crippen LogP contribution in [0.2, 0.25) is 0 Å². The third kappa shape index (κ3) is 3.69. The first-order valence-corrected chi connectivity index (χ1v) is 10.1. The summed E-state index contributed by atoms with van der Waals surface area (Å²) in [7, 11) is 0. The number of amides is 3. The summed E-state index contributed by atoms with van der Waals surface area (Å²) in [4.78, 5) is 35.0. The van der Waals surface area contributed by atoms with Gasteiger partial charge in [-0.2, -0.15) is 0 Å². The van der Waals surface area contributed by atoms with E-state index in [-0.39, 0.29) is 11.9 Å². The molecule has 7 nitrogen and oxygen atoms in total. The average molecular weight is 444 g/mol. The number of aryl methyl sites for hydroxylation is 1. The predicted molar refractivity (Wildman–Crippen MR) is 112 cm³/mol. The number of anilines is 2. The number of hydrogen-bond donors (Lipinski definition) is 1. The van der Waals surface area contributed by atoms with E-state index in [1.807, 2.05) is 42.2 Å². The van der Waals surface area contributed by atoms with E-state index in [1.165, 1.54) is 0 Å². The molecule has 0 radical (unpaired) electrons. The van der Waals surface area contributed by atoms with Crippen molar-refractivity contribution in [3.63, 3.8) is 0 Å². The van der Waals surface area contributed by atoms with E-state index in [9.17, 15) is 9.59 Å². The lowest BCUT2D eigenvalue weighted by atomic mass is 10.1. The second kappa shape index (κ2) is 7.79. The maximum Gasteiger partial charge on any atom is 0.322 e. The molecular weight excluding hydrogens is 422 g/mol.